The number of carbonyl (C=O) groups excluding carboxylic acids is 1. The summed E-state index contributed by atoms with van der Waals surface area (Å²) in [6, 6.07) is 0. The summed E-state index contributed by atoms with van der Waals surface area (Å²) < 4.78 is 0. The van der Waals surface area contributed by atoms with Crippen LogP contribution in [0, 0.1) is 0 Å². The van der Waals surface area contributed by atoms with Gasteiger partial charge in [-0.05, 0) is 12.8 Å². The van der Waals surface area contributed by atoms with Gasteiger partial charge < -0.3 is 5.11 Å². The molecule has 3 nitrogen and oxygen atoms in total. The Kier molecular flexibility index (Phi) is 3.69. The molecule has 0 aliphatic carbocycles. The number of hydrogen-bond donors (Lipinski definition) is 1. The number of piperidine rings is 1. The molecular weight excluding hydrogens is 154 g/mol. The molecule has 70 valence electrons. The largest absolute Gasteiger partial charge is 0.393 e. The third-order valence-corrected chi connectivity index (χ3v) is 2.35. The van der Waals surface area contributed by atoms with Gasteiger partial charge in [0.2, 0.25) is 0 Å². The summed E-state index contributed by atoms with van der Waals surface area (Å²) in [6.07, 6.45) is 2.12. The molecule has 0 atom stereocenters. The Morgan fingerprint density at radius 2 is 2.08 bits per heavy atom. The lowest BCUT2D eigenvalue weighted by Crippen LogP contribution is -2.38. The summed E-state index contributed by atoms with van der Waals surface area (Å²) in [7, 11) is 0. The van der Waals surface area contributed by atoms with E-state index in [-0.39, 0.29) is 6.10 Å². The average molecular weight is 171 g/mol. The van der Waals surface area contributed by atoms with Crippen molar-refractivity contribution in [3.63, 3.8) is 0 Å². The van der Waals surface area contributed by atoms with Gasteiger partial charge in [-0.3, -0.25) is 9.69 Å². The fourth-order valence-corrected chi connectivity index (χ4v) is 1.44. The second-order valence-corrected chi connectivity index (χ2v) is 3.40. The molecule has 0 radical (unpaired) electrons. The first-order valence-corrected chi connectivity index (χ1v) is 4.64. The number of aliphatic hydroxyl groups is 1. The Bertz CT molecular complexity index is 151. The summed E-state index contributed by atoms with van der Waals surface area (Å²) >= 11 is 0. The Balaban J connectivity index is 2.21. The molecule has 1 aliphatic heterocycles. The highest BCUT2D eigenvalue weighted by Gasteiger charge is 2.17. The Morgan fingerprint density at radius 3 is 2.58 bits per heavy atom. The van der Waals surface area contributed by atoms with Crippen molar-refractivity contribution < 1.29 is 9.90 Å². The van der Waals surface area contributed by atoms with Crippen LogP contribution in [0.1, 0.15) is 26.2 Å². The first-order valence-electron chi connectivity index (χ1n) is 4.64. The molecule has 0 spiro atoms. The molecule has 0 aromatic rings. The first kappa shape index (κ1) is 9.68. The van der Waals surface area contributed by atoms with Crippen LogP contribution in [0.25, 0.3) is 0 Å². The number of Topliss-reactive ketones (excluding diaryl/α,β-unsaturated/α-hetero) is 1. The summed E-state index contributed by atoms with van der Waals surface area (Å²) in [5, 5.41) is 9.21. The minimum atomic E-state index is -0.141. The van der Waals surface area contributed by atoms with Crippen molar-refractivity contribution in [1.29, 1.82) is 0 Å². The van der Waals surface area contributed by atoms with E-state index < -0.39 is 0 Å². The summed E-state index contributed by atoms with van der Waals surface area (Å²) in [4.78, 5) is 13.2. The fourth-order valence-electron chi connectivity index (χ4n) is 1.44. The van der Waals surface area contributed by atoms with Crippen molar-refractivity contribution in [2.24, 2.45) is 0 Å². The Hall–Kier alpha value is -0.410. The van der Waals surface area contributed by atoms with Crippen molar-refractivity contribution in [1.82, 2.24) is 4.90 Å². The number of ketones is 1. The third kappa shape index (κ3) is 2.91. The van der Waals surface area contributed by atoms with Crippen LogP contribution < -0.4 is 0 Å². The Labute approximate surface area is 73.4 Å². The molecule has 1 heterocycles. The van der Waals surface area contributed by atoms with Crippen LogP contribution in [0.2, 0.25) is 0 Å². The van der Waals surface area contributed by atoms with E-state index in [4.69, 9.17) is 0 Å². The molecule has 0 saturated carbocycles. The number of rotatable bonds is 3. The minimum Gasteiger partial charge on any atom is -0.393 e. The smallest absolute Gasteiger partial charge is 0.146 e. The highest BCUT2D eigenvalue weighted by molar-refractivity contribution is 5.80. The van der Waals surface area contributed by atoms with Gasteiger partial charge in [0.1, 0.15) is 5.78 Å². The van der Waals surface area contributed by atoms with Gasteiger partial charge >= 0.3 is 0 Å². The van der Waals surface area contributed by atoms with Crippen molar-refractivity contribution in [2.75, 3.05) is 19.6 Å². The zero-order chi connectivity index (χ0) is 8.97. The molecule has 0 unspecified atom stereocenters. The predicted octanol–water partition coefficient (Wildman–Crippen LogP) is 0.422. The van der Waals surface area contributed by atoms with E-state index in [0.717, 1.165) is 25.9 Å². The molecule has 3 heteroatoms. The lowest BCUT2D eigenvalue weighted by molar-refractivity contribution is -0.120. The summed E-state index contributed by atoms with van der Waals surface area (Å²) in [5.41, 5.74) is 0. The standard InChI is InChI=1S/C9H17NO2/c1-2-8(11)7-10-5-3-9(12)4-6-10/h9,12H,2-7H2,1H3. The van der Waals surface area contributed by atoms with Gasteiger partial charge in [-0.1, -0.05) is 6.92 Å². The number of nitrogens with zero attached hydrogens (tertiary/aromatic N) is 1. The minimum absolute atomic E-state index is 0.141. The molecule has 0 bridgehead atoms. The molecule has 1 N–H and O–H groups in total. The van der Waals surface area contributed by atoms with Crippen LogP contribution in [0.15, 0.2) is 0 Å². The lowest BCUT2D eigenvalue weighted by atomic mass is 10.1. The zero-order valence-corrected chi connectivity index (χ0v) is 7.62. The van der Waals surface area contributed by atoms with Gasteiger partial charge in [0.05, 0.1) is 12.6 Å². The van der Waals surface area contributed by atoms with E-state index in [2.05, 4.69) is 4.90 Å². The molecule has 1 saturated heterocycles. The van der Waals surface area contributed by atoms with Gasteiger partial charge in [0, 0.05) is 19.5 Å². The molecule has 12 heavy (non-hydrogen) atoms. The van der Waals surface area contributed by atoms with E-state index in [1.165, 1.54) is 0 Å². The zero-order valence-electron chi connectivity index (χ0n) is 7.62. The van der Waals surface area contributed by atoms with Crippen molar-refractivity contribution >= 4 is 5.78 Å². The van der Waals surface area contributed by atoms with E-state index in [9.17, 15) is 9.90 Å². The van der Waals surface area contributed by atoms with Crippen LogP contribution in [-0.4, -0.2) is 41.5 Å². The van der Waals surface area contributed by atoms with Gasteiger partial charge in [-0.25, -0.2) is 0 Å². The van der Waals surface area contributed by atoms with Gasteiger partial charge in [0.15, 0.2) is 0 Å². The summed E-state index contributed by atoms with van der Waals surface area (Å²) in [5.74, 6) is 0.298. The second kappa shape index (κ2) is 4.58. The summed E-state index contributed by atoms with van der Waals surface area (Å²) in [6.45, 7) is 4.20. The number of likely N-dealkylation sites (tertiary alicyclic amines) is 1. The monoisotopic (exact) mass is 171 g/mol. The number of carbonyl (C=O) groups is 1. The topological polar surface area (TPSA) is 40.5 Å². The third-order valence-electron chi connectivity index (χ3n) is 2.35. The van der Waals surface area contributed by atoms with E-state index >= 15 is 0 Å². The van der Waals surface area contributed by atoms with Crippen LogP contribution in [0.3, 0.4) is 0 Å². The maximum Gasteiger partial charge on any atom is 0.146 e. The molecule has 0 aromatic heterocycles. The second-order valence-electron chi connectivity index (χ2n) is 3.40. The maximum atomic E-state index is 11.1. The molecule has 0 amide bonds. The number of hydrogen-bond acceptors (Lipinski definition) is 3. The normalized spacial score (nSPS) is 21.2. The molecule has 0 aromatic carbocycles. The highest BCUT2D eigenvalue weighted by atomic mass is 16.3. The van der Waals surface area contributed by atoms with E-state index in [1.54, 1.807) is 0 Å². The fraction of sp³-hybridized carbons (Fsp3) is 0.889. The van der Waals surface area contributed by atoms with E-state index in [1.807, 2.05) is 6.92 Å². The van der Waals surface area contributed by atoms with Gasteiger partial charge in [-0.15, -0.1) is 0 Å². The predicted molar refractivity (Wildman–Crippen MR) is 47.0 cm³/mol. The molecule has 1 rings (SSSR count). The van der Waals surface area contributed by atoms with Crippen LogP contribution >= 0.6 is 0 Å². The van der Waals surface area contributed by atoms with Crippen LogP contribution in [0.5, 0.6) is 0 Å². The van der Waals surface area contributed by atoms with Crippen molar-refractivity contribution in [2.45, 2.75) is 32.3 Å². The van der Waals surface area contributed by atoms with Crippen LogP contribution in [0.4, 0.5) is 0 Å². The SMILES string of the molecule is CCC(=O)CN1CCC(O)CC1. The molecule has 1 aliphatic rings. The Morgan fingerprint density at radius 1 is 1.50 bits per heavy atom. The highest BCUT2D eigenvalue weighted by Crippen LogP contribution is 2.09. The quantitative estimate of drug-likeness (QED) is 0.669. The van der Waals surface area contributed by atoms with E-state index in [0.29, 0.717) is 18.7 Å². The van der Waals surface area contributed by atoms with Crippen molar-refractivity contribution in [3.8, 4) is 0 Å². The van der Waals surface area contributed by atoms with Crippen molar-refractivity contribution in [3.05, 3.63) is 0 Å². The lowest BCUT2D eigenvalue weighted by Gasteiger charge is -2.28. The molecular formula is C9H17NO2. The maximum absolute atomic E-state index is 11.1. The van der Waals surface area contributed by atoms with Crippen LogP contribution in [-0.2, 0) is 4.79 Å². The first-order chi connectivity index (χ1) is 5.72. The number of aliphatic hydroxyl groups excluding tert-OH is 1. The molecule has 1 fully saturated rings. The van der Waals surface area contributed by atoms with Gasteiger partial charge in [-0.2, -0.15) is 0 Å². The van der Waals surface area contributed by atoms with Gasteiger partial charge in [0.25, 0.3) is 0 Å². The average Bonchev–Trinajstić information content (AvgIpc) is 2.09.